The Balaban J connectivity index is 1.99. The van der Waals surface area contributed by atoms with Gasteiger partial charge in [0.1, 0.15) is 6.04 Å². The van der Waals surface area contributed by atoms with Crippen LogP contribution in [0, 0.1) is 0 Å². The summed E-state index contributed by atoms with van der Waals surface area (Å²) in [6.45, 7) is 0.407. The van der Waals surface area contributed by atoms with Gasteiger partial charge < -0.3 is 10.4 Å². The van der Waals surface area contributed by atoms with Gasteiger partial charge in [-0.15, -0.1) is 0 Å². The molecule has 1 saturated heterocycles. The Morgan fingerprint density at radius 2 is 1.89 bits per heavy atom. The maximum atomic E-state index is 12.2. The Labute approximate surface area is 114 Å². The van der Waals surface area contributed by atoms with Crippen LogP contribution in [0.25, 0.3) is 0 Å². The van der Waals surface area contributed by atoms with E-state index < -0.39 is 22.2 Å². The zero-order valence-electron chi connectivity index (χ0n) is 11.2. The lowest BCUT2D eigenvalue weighted by molar-refractivity contribution is -0.126. The van der Waals surface area contributed by atoms with Gasteiger partial charge in [-0.25, -0.2) is 8.42 Å². The first-order valence-electron chi connectivity index (χ1n) is 6.85. The van der Waals surface area contributed by atoms with E-state index in [1.165, 1.54) is 4.31 Å². The minimum Gasteiger partial charge on any atom is -0.391 e. The van der Waals surface area contributed by atoms with Gasteiger partial charge >= 0.3 is 0 Å². The Hall–Kier alpha value is -0.660. The highest BCUT2D eigenvalue weighted by Crippen LogP contribution is 2.22. The molecule has 2 rings (SSSR count). The third kappa shape index (κ3) is 3.46. The Kier molecular flexibility index (Phi) is 4.47. The smallest absolute Gasteiger partial charge is 0.238 e. The number of carbonyl (C=O) groups is 1. The van der Waals surface area contributed by atoms with Crippen molar-refractivity contribution in [3.63, 3.8) is 0 Å². The van der Waals surface area contributed by atoms with E-state index in [9.17, 15) is 18.3 Å². The van der Waals surface area contributed by atoms with E-state index in [1.807, 2.05) is 0 Å². The molecule has 0 radical (unpaired) electrons. The number of aliphatic hydroxyl groups excluding tert-OH is 1. The molecule has 3 atom stereocenters. The van der Waals surface area contributed by atoms with Crippen LogP contribution >= 0.6 is 0 Å². The summed E-state index contributed by atoms with van der Waals surface area (Å²) < 4.78 is 24.5. The van der Waals surface area contributed by atoms with Gasteiger partial charge in [0.2, 0.25) is 15.9 Å². The first-order valence-corrected chi connectivity index (χ1v) is 8.69. The summed E-state index contributed by atoms with van der Waals surface area (Å²) in [4.78, 5) is 12.2. The zero-order valence-corrected chi connectivity index (χ0v) is 12.0. The van der Waals surface area contributed by atoms with Crippen LogP contribution in [0.2, 0.25) is 0 Å². The van der Waals surface area contributed by atoms with E-state index in [-0.39, 0.29) is 11.9 Å². The van der Waals surface area contributed by atoms with Crippen LogP contribution in [-0.2, 0) is 14.8 Å². The molecular formula is C12H22N2O4S. The highest BCUT2D eigenvalue weighted by molar-refractivity contribution is 7.88. The average molecular weight is 290 g/mol. The molecule has 2 fully saturated rings. The predicted molar refractivity (Wildman–Crippen MR) is 71.0 cm³/mol. The monoisotopic (exact) mass is 290 g/mol. The van der Waals surface area contributed by atoms with Crippen LogP contribution in [0.3, 0.4) is 0 Å². The van der Waals surface area contributed by atoms with Gasteiger partial charge in [0.15, 0.2) is 0 Å². The van der Waals surface area contributed by atoms with Crippen LogP contribution < -0.4 is 5.32 Å². The number of aliphatic hydroxyl groups is 1. The molecule has 1 saturated carbocycles. The van der Waals surface area contributed by atoms with E-state index >= 15 is 0 Å². The number of hydrogen-bond acceptors (Lipinski definition) is 4. The molecule has 1 amide bonds. The van der Waals surface area contributed by atoms with Gasteiger partial charge in [-0.3, -0.25) is 4.79 Å². The zero-order chi connectivity index (χ0) is 14.0. The molecule has 2 aliphatic rings. The maximum Gasteiger partial charge on any atom is 0.238 e. The lowest BCUT2D eigenvalue weighted by Gasteiger charge is -2.30. The number of amides is 1. The minimum atomic E-state index is -3.34. The van der Waals surface area contributed by atoms with Crippen molar-refractivity contribution in [2.24, 2.45) is 0 Å². The van der Waals surface area contributed by atoms with Crippen molar-refractivity contribution in [3.8, 4) is 0 Å². The molecule has 0 aromatic rings. The molecular weight excluding hydrogens is 268 g/mol. The second-order valence-electron chi connectivity index (χ2n) is 5.50. The van der Waals surface area contributed by atoms with Crippen LogP contribution in [0.15, 0.2) is 0 Å². The van der Waals surface area contributed by atoms with Crippen LogP contribution in [0.4, 0.5) is 0 Å². The summed E-state index contributed by atoms with van der Waals surface area (Å²) in [5.74, 6) is -0.270. The van der Waals surface area contributed by atoms with Crippen molar-refractivity contribution in [3.05, 3.63) is 0 Å². The van der Waals surface area contributed by atoms with Gasteiger partial charge in [-0.1, -0.05) is 12.8 Å². The van der Waals surface area contributed by atoms with Crippen LogP contribution in [0.1, 0.15) is 38.5 Å². The molecule has 1 heterocycles. The van der Waals surface area contributed by atoms with Crippen molar-refractivity contribution >= 4 is 15.9 Å². The van der Waals surface area contributed by atoms with Gasteiger partial charge in [0.25, 0.3) is 0 Å². The summed E-state index contributed by atoms with van der Waals surface area (Å²) in [5.41, 5.74) is 0. The quantitative estimate of drug-likeness (QED) is 0.755. The summed E-state index contributed by atoms with van der Waals surface area (Å²) in [5, 5.41) is 12.7. The van der Waals surface area contributed by atoms with Gasteiger partial charge in [-0.2, -0.15) is 4.31 Å². The SMILES string of the molecule is CS(=O)(=O)N1CCCC1C(=O)NC1CCCCC1O. The molecule has 6 nitrogen and oxygen atoms in total. The number of sulfonamides is 1. The number of carbonyl (C=O) groups excluding carboxylic acids is 1. The van der Waals surface area contributed by atoms with Crippen molar-refractivity contribution in [1.82, 2.24) is 9.62 Å². The largest absolute Gasteiger partial charge is 0.391 e. The normalized spacial score (nSPS) is 33.3. The average Bonchev–Trinajstić information content (AvgIpc) is 2.81. The highest BCUT2D eigenvalue weighted by atomic mass is 32.2. The van der Waals surface area contributed by atoms with Gasteiger partial charge in [-0.05, 0) is 25.7 Å². The van der Waals surface area contributed by atoms with Gasteiger partial charge in [0.05, 0.1) is 18.4 Å². The molecule has 1 aliphatic heterocycles. The van der Waals surface area contributed by atoms with Crippen LogP contribution in [0.5, 0.6) is 0 Å². The molecule has 2 N–H and O–H groups in total. The number of nitrogens with zero attached hydrogens (tertiary/aromatic N) is 1. The highest BCUT2D eigenvalue weighted by Gasteiger charge is 2.37. The summed E-state index contributed by atoms with van der Waals surface area (Å²) >= 11 is 0. The van der Waals surface area contributed by atoms with E-state index in [1.54, 1.807) is 0 Å². The molecule has 0 spiro atoms. The lowest BCUT2D eigenvalue weighted by Crippen LogP contribution is -2.52. The maximum absolute atomic E-state index is 12.2. The van der Waals surface area contributed by atoms with E-state index in [0.717, 1.165) is 25.5 Å². The molecule has 3 unspecified atom stereocenters. The Morgan fingerprint density at radius 1 is 1.21 bits per heavy atom. The molecule has 0 aromatic heterocycles. The van der Waals surface area contributed by atoms with Crippen molar-refractivity contribution in [1.29, 1.82) is 0 Å². The second kappa shape index (κ2) is 5.76. The van der Waals surface area contributed by atoms with Crippen molar-refractivity contribution in [2.45, 2.75) is 56.7 Å². The van der Waals surface area contributed by atoms with E-state index in [0.29, 0.717) is 25.8 Å². The van der Waals surface area contributed by atoms with Crippen molar-refractivity contribution < 1.29 is 18.3 Å². The molecule has 0 aromatic carbocycles. The minimum absolute atomic E-state index is 0.233. The van der Waals surface area contributed by atoms with Crippen molar-refractivity contribution in [2.75, 3.05) is 12.8 Å². The lowest BCUT2D eigenvalue weighted by atomic mass is 9.92. The standard InChI is InChI=1S/C12H22N2O4S/c1-19(17,18)14-8-4-6-10(14)12(16)13-9-5-2-3-7-11(9)15/h9-11,15H,2-8H2,1H3,(H,13,16). The first kappa shape index (κ1) is 14.7. The summed E-state index contributed by atoms with van der Waals surface area (Å²) in [7, 11) is -3.34. The third-order valence-corrected chi connectivity index (χ3v) is 5.28. The molecule has 110 valence electrons. The van der Waals surface area contributed by atoms with Crippen LogP contribution in [-0.4, -0.2) is 54.7 Å². The predicted octanol–water partition coefficient (Wildman–Crippen LogP) is -0.170. The summed E-state index contributed by atoms with van der Waals surface area (Å²) in [6.07, 6.45) is 5.32. The summed E-state index contributed by atoms with van der Waals surface area (Å²) in [6, 6.07) is -0.840. The third-order valence-electron chi connectivity index (χ3n) is 3.99. The molecule has 0 bridgehead atoms. The second-order valence-corrected chi connectivity index (χ2v) is 7.43. The molecule has 19 heavy (non-hydrogen) atoms. The van der Waals surface area contributed by atoms with E-state index in [4.69, 9.17) is 0 Å². The number of nitrogens with one attached hydrogen (secondary N) is 1. The number of hydrogen-bond donors (Lipinski definition) is 2. The Bertz CT molecular complexity index is 437. The van der Waals surface area contributed by atoms with Gasteiger partial charge in [0, 0.05) is 6.54 Å². The van der Waals surface area contributed by atoms with E-state index in [2.05, 4.69) is 5.32 Å². The Morgan fingerprint density at radius 3 is 2.53 bits per heavy atom. The molecule has 1 aliphatic carbocycles. The topological polar surface area (TPSA) is 86.7 Å². The fraction of sp³-hybridized carbons (Fsp3) is 0.917. The number of rotatable bonds is 3. The molecule has 7 heteroatoms. The first-order chi connectivity index (χ1) is 8.89. The fourth-order valence-electron chi connectivity index (χ4n) is 2.96. The fourth-order valence-corrected chi connectivity index (χ4v) is 4.08.